The lowest BCUT2D eigenvalue weighted by Gasteiger charge is -2.14. The maximum atomic E-state index is 5.96. The van der Waals surface area contributed by atoms with Gasteiger partial charge in [-0.3, -0.25) is 10.00 Å². The van der Waals surface area contributed by atoms with E-state index in [4.69, 9.17) is 22.1 Å². The second-order valence-electron chi connectivity index (χ2n) is 5.34. The van der Waals surface area contributed by atoms with Gasteiger partial charge < -0.3 is 10.5 Å². The van der Waals surface area contributed by atoms with Crippen molar-refractivity contribution in [2.75, 3.05) is 13.6 Å². The maximum Gasteiger partial charge on any atom is 0.167 e. The third-order valence-corrected chi connectivity index (χ3v) is 3.83. The van der Waals surface area contributed by atoms with Crippen molar-refractivity contribution in [2.45, 2.75) is 25.1 Å². The highest BCUT2D eigenvalue weighted by Gasteiger charge is 2.31. The molecule has 6 nitrogen and oxygen atoms in total. The highest BCUT2D eigenvalue weighted by Crippen LogP contribution is 2.27. The molecule has 7 heteroatoms. The average molecular weight is 308 g/mol. The van der Waals surface area contributed by atoms with Gasteiger partial charge in [0.2, 0.25) is 0 Å². The summed E-state index contributed by atoms with van der Waals surface area (Å²) in [5, 5.41) is 7.84. The number of nitrogens with two attached hydrogens (primary N) is 1. The number of rotatable bonds is 4. The molecule has 0 unspecified atom stereocenters. The van der Waals surface area contributed by atoms with Gasteiger partial charge in [0.05, 0.1) is 6.04 Å². The van der Waals surface area contributed by atoms with Crippen LogP contribution in [-0.2, 0) is 6.61 Å². The Morgan fingerprint density at radius 3 is 3.10 bits per heavy atom. The summed E-state index contributed by atoms with van der Waals surface area (Å²) in [5.74, 6) is 2.18. The Bertz CT molecular complexity index is 617. The Hall–Kier alpha value is -1.63. The molecule has 0 bridgehead atoms. The summed E-state index contributed by atoms with van der Waals surface area (Å²) in [6, 6.07) is 7.63. The molecule has 0 spiro atoms. The van der Waals surface area contributed by atoms with Crippen molar-refractivity contribution in [3.05, 3.63) is 40.9 Å². The third kappa shape index (κ3) is 3.34. The van der Waals surface area contributed by atoms with Crippen LogP contribution in [0.15, 0.2) is 24.3 Å². The molecular weight excluding hydrogens is 290 g/mol. The van der Waals surface area contributed by atoms with E-state index in [0.29, 0.717) is 23.2 Å². The van der Waals surface area contributed by atoms with Crippen LogP contribution in [0.25, 0.3) is 0 Å². The fourth-order valence-electron chi connectivity index (χ4n) is 2.57. The Balaban J connectivity index is 1.63. The lowest BCUT2D eigenvalue weighted by molar-refractivity contribution is 0.293. The standard InChI is InChI=1S/C14H18ClN5O/c1-20-7-10(16)6-12(20)14-17-13(18-19-14)8-21-11-4-2-3-9(15)5-11/h2-5,10,12H,6-8,16H2,1H3,(H,17,18,19)/t10-,12-/m0/s1. The predicted octanol–water partition coefficient (Wildman–Crippen LogP) is 1.74. The van der Waals surface area contributed by atoms with E-state index in [9.17, 15) is 0 Å². The number of nitrogens with zero attached hydrogens (tertiary/aromatic N) is 3. The zero-order valence-electron chi connectivity index (χ0n) is 11.8. The number of hydrogen-bond acceptors (Lipinski definition) is 5. The van der Waals surface area contributed by atoms with Crippen molar-refractivity contribution in [2.24, 2.45) is 5.73 Å². The number of halogens is 1. The largest absolute Gasteiger partial charge is 0.486 e. The van der Waals surface area contributed by atoms with Gasteiger partial charge in [0.25, 0.3) is 0 Å². The first-order chi connectivity index (χ1) is 10.1. The van der Waals surface area contributed by atoms with E-state index in [0.717, 1.165) is 18.8 Å². The number of aromatic nitrogens is 3. The predicted molar refractivity (Wildman–Crippen MR) is 80.1 cm³/mol. The van der Waals surface area contributed by atoms with Crippen LogP contribution < -0.4 is 10.5 Å². The van der Waals surface area contributed by atoms with Gasteiger partial charge in [0, 0.05) is 17.6 Å². The van der Waals surface area contributed by atoms with Crippen LogP contribution in [0, 0.1) is 0 Å². The molecule has 1 fully saturated rings. The number of likely N-dealkylation sites (N-methyl/N-ethyl adjacent to an activating group) is 1. The molecule has 0 amide bonds. The molecule has 2 heterocycles. The molecule has 3 rings (SSSR count). The minimum absolute atomic E-state index is 0.177. The van der Waals surface area contributed by atoms with Crippen LogP contribution in [0.5, 0.6) is 5.75 Å². The summed E-state index contributed by atoms with van der Waals surface area (Å²) in [4.78, 5) is 6.67. The van der Waals surface area contributed by atoms with Gasteiger partial charge >= 0.3 is 0 Å². The van der Waals surface area contributed by atoms with Crippen LogP contribution in [0.1, 0.15) is 24.1 Å². The molecule has 1 aromatic carbocycles. The molecule has 0 radical (unpaired) electrons. The molecule has 112 valence electrons. The maximum absolute atomic E-state index is 5.96. The first kappa shape index (κ1) is 14.3. The summed E-state index contributed by atoms with van der Waals surface area (Å²) in [6.07, 6.45) is 0.878. The average Bonchev–Trinajstić information content (AvgIpc) is 3.03. The van der Waals surface area contributed by atoms with Gasteiger partial charge in [-0.1, -0.05) is 17.7 Å². The van der Waals surface area contributed by atoms with Crippen LogP contribution >= 0.6 is 11.6 Å². The van der Waals surface area contributed by atoms with Gasteiger partial charge in [0.1, 0.15) is 12.4 Å². The van der Waals surface area contributed by atoms with Crippen LogP contribution in [0.4, 0.5) is 0 Å². The second kappa shape index (κ2) is 6.01. The molecule has 1 aromatic heterocycles. The summed E-state index contributed by atoms with van der Waals surface area (Å²) in [7, 11) is 2.04. The van der Waals surface area contributed by atoms with Crippen molar-refractivity contribution in [3.63, 3.8) is 0 Å². The number of likely N-dealkylation sites (tertiary alicyclic amines) is 1. The molecule has 1 saturated heterocycles. The minimum Gasteiger partial charge on any atom is -0.486 e. The second-order valence-corrected chi connectivity index (χ2v) is 5.77. The Morgan fingerprint density at radius 2 is 2.38 bits per heavy atom. The molecule has 2 aromatic rings. The smallest absolute Gasteiger partial charge is 0.167 e. The van der Waals surface area contributed by atoms with Crippen LogP contribution in [0.2, 0.25) is 5.02 Å². The lowest BCUT2D eigenvalue weighted by atomic mass is 10.2. The first-order valence-corrected chi connectivity index (χ1v) is 7.25. The topological polar surface area (TPSA) is 80.1 Å². The van der Waals surface area contributed by atoms with E-state index in [1.807, 2.05) is 19.2 Å². The van der Waals surface area contributed by atoms with Gasteiger partial charge in [-0.2, -0.15) is 5.10 Å². The van der Waals surface area contributed by atoms with Gasteiger partial charge in [-0.05, 0) is 31.7 Å². The van der Waals surface area contributed by atoms with Crippen molar-refractivity contribution in [1.29, 1.82) is 0 Å². The van der Waals surface area contributed by atoms with Gasteiger partial charge in [-0.25, -0.2) is 4.98 Å². The highest BCUT2D eigenvalue weighted by atomic mass is 35.5. The molecule has 0 aliphatic carbocycles. The normalized spacial score (nSPS) is 22.6. The Morgan fingerprint density at radius 1 is 1.52 bits per heavy atom. The summed E-state index contributed by atoms with van der Waals surface area (Å²) in [6.45, 7) is 1.20. The number of ether oxygens (including phenoxy) is 1. The Kier molecular flexibility index (Phi) is 4.10. The molecule has 3 N–H and O–H groups in total. The fraction of sp³-hybridized carbons (Fsp3) is 0.429. The molecule has 1 aliphatic rings. The Labute approximate surface area is 128 Å². The number of benzene rings is 1. The highest BCUT2D eigenvalue weighted by molar-refractivity contribution is 6.30. The van der Waals surface area contributed by atoms with Crippen LogP contribution in [-0.4, -0.2) is 39.7 Å². The fourth-order valence-corrected chi connectivity index (χ4v) is 2.75. The van der Waals surface area contributed by atoms with E-state index >= 15 is 0 Å². The number of aromatic amines is 1. The number of H-pyrrole nitrogens is 1. The molecule has 0 saturated carbocycles. The summed E-state index contributed by atoms with van der Waals surface area (Å²) >= 11 is 5.91. The molecule has 21 heavy (non-hydrogen) atoms. The van der Waals surface area contributed by atoms with Crippen molar-refractivity contribution in [3.8, 4) is 5.75 Å². The van der Waals surface area contributed by atoms with Crippen molar-refractivity contribution in [1.82, 2.24) is 20.1 Å². The monoisotopic (exact) mass is 307 g/mol. The minimum atomic E-state index is 0.177. The van der Waals surface area contributed by atoms with E-state index in [2.05, 4.69) is 20.1 Å². The molecule has 1 aliphatic heterocycles. The first-order valence-electron chi connectivity index (χ1n) is 6.87. The molecular formula is C14H18ClN5O. The zero-order valence-corrected chi connectivity index (χ0v) is 12.5. The van der Waals surface area contributed by atoms with E-state index in [1.165, 1.54) is 0 Å². The van der Waals surface area contributed by atoms with Gasteiger partial charge in [-0.15, -0.1) is 0 Å². The number of hydrogen-bond donors (Lipinski definition) is 2. The van der Waals surface area contributed by atoms with Crippen LogP contribution in [0.3, 0.4) is 0 Å². The number of nitrogens with one attached hydrogen (secondary N) is 1. The SMILES string of the molecule is CN1C[C@@H](N)C[C@H]1c1n[nH]c(COc2cccc(Cl)c2)n1. The van der Waals surface area contributed by atoms with Crippen molar-refractivity contribution < 1.29 is 4.74 Å². The lowest BCUT2D eigenvalue weighted by Crippen LogP contribution is -2.24. The third-order valence-electron chi connectivity index (χ3n) is 3.60. The molecule has 2 atom stereocenters. The van der Waals surface area contributed by atoms with E-state index in [1.54, 1.807) is 12.1 Å². The quantitative estimate of drug-likeness (QED) is 0.899. The van der Waals surface area contributed by atoms with Crippen molar-refractivity contribution >= 4 is 11.6 Å². The van der Waals surface area contributed by atoms with E-state index in [-0.39, 0.29) is 12.1 Å². The summed E-state index contributed by atoms with van der Waals surface area (Å²) in [5.41, 5.74) is 5.96. The zero-order chi connectivity index (χ0) is 14.8. The van der Waals surface area contributed by atoms with E-state index < -0.39 is 0 Å². The summed E-state index contributed by atoms with van der Waals surface area (Å²) < 4.78 is 5.64. The van der Waals surface area contributed by atoms with Gasteiger partial charge in [0.15, 0.2) is 11.6 Å².